The van der Waals surface area contributed by atoms with Crippen molar-refractivity contribution in [1.29, 1.82) is 0 Å². The van der Waals surface area contributed by atoms with Gasteiger partial charge in [0, 0.05) is 23.3 Å². The minimum atomic E-state index is -0.433. The van der Waals surface area contributed by atoms with E-state index in [1.807, 2.05) is 42.6 Å². The van der Waals surface area contributed by atoms with Crippen molar-refractivity contribution in [3.05, 3.63) is 94.2 Å². The lowest BCUT2D eigenvalue weighted by atomic mass is 10.1. The summed E-state index contributed by atoms with van der Waals surface area (Å²) in [5.41, 5.74) is 2.32. The number of carbonyl (C=O) groups excluding carboxylic acids is 1. The Morgan fingerprint density at radius 3 is 2.86 bits per heavy atom. The summed E-state index contributed by atoms with van der Waals surface area (Å²) in [7, 11) is 0. The summed E-state index contributed by atoms with van der Waals surface area (Å²) in [6.07, 6.45) is 4.07. The molecule has 8 heteroatoms. The van der Waals surface area contributed by atoms with Crippen molar-refractivity contribution in [3.8, 4) is 5.69 Å². The molecule has 0 unspecified atom stereocenters. The lowest BCUT2D eigenvalue weighted by Crippen LogP contribution is -2.07. The van der Waals surface area contributed by atoms with Crippen molar-refractivity contribution in [3.63, 3.8) is 0 Å². The van der Waals surface area contributed by atoms with Gasteiger partial charge in [0.2, 0.25) is 0 Å². The van der Waals surface area contributed by atoms with E-state index in [2.05, 4.69) is 36.2 Å². The number of benzene rings is 2. The number of nitrogens with one attached hydrogen (secondary N) is 1. The zero-order chi connectivity index (χ0) is 19.3. The van der Waals surface area contributed by atoms with E-state index in [0.29, 0.717) is 23.6 Å². The Hall–Kier alpha value is -3.26. The second-order valence-electron chi connectivity index (χ2n) is 6.04. The number of ether oxygens (including phenoxy) is 1. The zero-order valence-corrected chi connectivity index (χ0v) is 16.3. The molecule has 0 aliphatic rings. The highest BCUT2D eigenvalue weighted by atomic mass is 79.9. The van der Waals surface area contributed by atoms with Crippen LogP contribution in [0.4, 0.5) is 0 Å². The van der Waals surface area contributed by atoms with Crippen LogP contribution in [0.15, 0.2) is 71.5 Å². The molecule has 0 saturated heterocycles. The van der Waals surface area contributed by atoms with Gasteiger partial charge in [0.1, 0.15) is 0 Å². The van der Waals surface area contributed by atoms with E-state index in [1.165, 1.54) is 0 Å². The van der Waals surface area contributed by atoms with Crippen LogP contribution >= 0.6 is 15.9 Å². The van der Waals surface area contributed by atoms with Gasteiger partial charge in [-0.2, -0.15) is 10.2 Å². The van der Waals surface area contributed by atoms with Gasteiger partial charge in [0.05, 0.1) is 11.3 Å². The van der Waals surface area contributed by atoms with Crippen molar-refractivity contribution < 1.29 is 9.53 Å². The molecule has 4 aromatic rings. The molecule has 4 rings (SSSR count). The third-order valence-corrected chi connectivity index (χ3v) is 4.85. The number of aromatic nitrogens is 5. The van der Waals surface area contributed by atoms with Gasteiger partial charge in [-0.3, -0.25) is 5.10 Å². The van der Waals surface area contributed by atoms with Crippen LogP contribution in [0.5, 0.6) is 0 Å². The van der Waals surface area contributed by atoms with E-state index in [9.17, 15) is 4.79 Å². The first-order valence-corrected chi connectivity index (χ1v) is 9.39. The molecule has 0 spiro atoms. The molecule has 2 aromatic heterocycles. The second kappa shape index (κ2) is 8.18. The number of carbonyl (C=O) groups is 1. The van der Waals surface area contributed by atoms with Gasteiger partial charge in [-0.15, -0.1) is 0 Å². The minimum Gasteiger partial charge on any atom is -0.454 e. The molecule has 2 aromatic carbocycles. The largest absolute Gasteiger partial charge is 0.454 e. The summed E-state index contributed by atoms with van der Waals surface area (Å²) in [6.45, 7) is 0.0216. The number of H-pyrrole nitrogens is 1. The van der Waals surface area contributed by atoms with Crippen LogP contribution < -0.4 is 0 Å². The molecule has 0 fully saturated rings. The van der Waals surface area contributed by atoms with E-state index in [0.717, 1.165) is 15.7 Å². The second-order valence-corrected chi connectivity index (χ2v) is 6.90. The predicted molar refractivity (Wildman–Crippen MR) is 106 cm³/mol. The molecule has 0 aliphatic carbocycles. The summed E-state index contributed by atoms with van der Waals surface area (Å²) in [5, 5.41) is 11.2. The highest BCUT2D eigenvalue weighted by Gasteiger charge is 2.12. The first kappa shape index (κ1) is 18.1. The Bertz CT molecular complexity index is 1090. The first-order valence-electron chi connectivity index (χ1n) is 8.60. The number of aromatic amines is 1. The van der Waals surface area contributed by atoms with Gasteiger partial charge in [-0.1, -0.05) is 40.2 Å². The molecule has 1 N–H and O–H groups in total. The molecule has 0 amide bonds. The fourth-order valence-electron chi connectivity index (χ4n) is 2.70. The topological polar surface area (TPSA) is 85.7 Å². The fraction of sp³-hybridized carbons (Fsp3) is 0.100. The molecule has 28 heavy (non-hydrogen) atoms. The Balaban J connectivity index is 1.39. The van der Waals surface area contributed by atoms with Crippen LogP contribution in [-0.4, -0.2) is 30.9 Å². The molecule has 0 aliphatic heterocycles. The maximum Gasteiger partial charge on any atom is 0.338 e. The van der Waals surface area contributed by atoms with Crippen LogP contribution in [-0.2, 0) is 17.8 Å². The third-order valence-electron chi connectivity index (χ3n) is 4.08. The van der Waals surface area contributed by atoms with E-state index >= 15 is 0 Å². The molecular formula is C20H16BrN5O2. The summed E-state index contributed by atoms with van der Waals surface area (Å²) >= 11 is 3.52. The van der Waals surface area contributed by atoms with Crippen molar-refractivity contribution in [2.45, 2.75) is 13.0 Å². The summed E-state index contributed by atoms with van der Waals surface area (Å²) in [6, 6.07) is 16.8. The van der Waals surface area contributed by atoms with E-state index in [4.69, 9.17) is 4.74 Å². The third kappa shape index (κ3) is 4.17. The average Bonchev–Trinajstić information content (AvgIpc) is 3.40. The van der Waals surface area contributed by atoms with Crippen LogP contribution in [0.2, 0.25) is 0 Å². The predicted octanol–water partition coefficient (Wildman–Crippen LogP) is 3.70. The smallest absolute Gasteiger partial charge is 0.338 e. The maximum absolute atomic E-state index is 12.4. The van der Waals surface area contributed by atoms with Gasteiger partial charge in [-0.25, -0.2) is 14.5 Å². The van der Waals surface area contributed by atoms with Crippen molar-refractivity contribution >= 4 is 21.9 Å². The Kier molecular flexibility index (Phi) is 5.29. The lowest BCUT2D eigenvalue weighted by molar-refractivity contribution is 0.0462. The van der Waals surface area contributed by atoms with Crippen LogP contribution in [0.1, 0.15) is 27.6 Å². The highest BCUT2D eigenvalue weighted by Crippen LogP contribution is 2.18. The number of nitrogens with zero attached hydrogens (tertiary/aromatic N) is 4. The number of rotatable bonds is 6. The number of esters is 1. The fourth-order valence-corrected chi connectivity index (χ4v) is 3.13. The number of hydrogen-bond donors (Lipinski definition) is 1. The Morgan fingerprint density at radius 1 is 1.14 bits per heavy atom. The van der Waals surface area contributed by atoms with Crippen molar-refractivity contribution in [2.75, 3.05) is 0 Å². The normalized spacial score (nSPS) is 10.8. The first-order chi connectivity index (χ1) is 13.7. The molecule has 2 heterocycles. The standard InChI is InChI=1S/C20H16BrN5O2/c21-17-8-2-1-5-14(17)12-18-23-19(25-24-18)13-28-20(27)15-6-3-7-16(11-15)26-10-4-9-22-26/h1-11H,12-13H2,(H,23,24,25). The minimum absolute atomic E-state index is 0.0216. The molecule has 0 radical (unpaired) electrons. The lowest BCUT2D eigenvalue weighted by Gasteiger charge is -2.05. The van der Waals surface area contributed by atoms with Gasteiger partial charge < -0.3 is 4.74 Å². The van der Waals surface area contributed by atoms with Gasteiger partial charge >= 0.3 is 5.97 Å². The molecule has 0 saturated carbocycles. The molecule has 140 valence electrons. The zero-order valence-electron chi connectivity index (χ0n) is 14.7. The monoisotopic (exact) mass is 437 g/mol. The Labute approximate surface area is 169 Å². The van der Waals surface area contributed by atoms with Crippen LogP contribution in [0, 0.1) is 0 Å². The van der Waals surface area contributed by atoms with E-state index in [1.54, 1.807) is 29.1 Å². The molecule has 0 bridgehead atoms. The van der Waals surface area contributed by atoms with Gasteiger partial charge in [0.15, 0.2) is 18.3 Å². The Morgan fingerprint density at radius 2 is 2.04 bits per heavy atom. The average molecular weight is 438 g/mol. The van der Waals surface area contributed by atoms with Gasteiger partial charge in [0.25, 0.3) is 0 Å². The molecular weight excluding hydrogens is 422 g/mol. The summed E-state index contributed by atoms with van der Waals surface area (Å²) in [4.78, 5) is 16.8. The molecule has 0 atom stereocenters. The van der Waals surface area contributed by atoms with E-state index in [-0.39, 0.29) is 6.61 Å². The van der Waals surface area contributed by atoms with Crippen molar-refractivity contribution in [2.24, 2.45) is 0 Å². The number of hydrogen-bond acceptors (Lipinski definition) is 5. The van der Waals surface area contributed by atoms with Crippen LogP contribution in [0.3, 0.4) is 0 Å². The summed E-state index contributed by atoms with van der Waals surface area (Å²) < 4.78 is 8.05. The van der Waals surface area contributed by atoms with E-state index < -0.39 is 5.97 Å². The SMILES string of the molecule is O=C(OCc1nc(Cc2ccccc2Br)n[nH]1)c1cccc(-n2cccn2)c1. The van der Waals surface area contributed by atoms with Crippen LogP contribution in [0.25, 0.3) is 5.69 Å². The van der Waals surface area contributed by atoms with Crippen molar-refractivity contribution in [1.82, 2.24) is 25.0 Å². The highest BCUT2D eigenvalue weighted by molar-refractivity contribution is 9.10. The van der Waals surface area contributed by atoms with Gasteiger partial charge in [-0.05, 0) is 35.9 Å². The summed E-state index contributed by atoms with van der Waals surface area (Å²) in [5.74, 6) is 0.704. The molecule has 7 nitrogen and oxygen atoms in total. The number of halogens is 1. The maximum atomic E-state index is 12.4. The quantitative estimate of drug-likeness (QED) is 0.464.